The summed E-state index contributed by atoms with van der Waals surface area (Å²) in [4.78, 5) is 35.0. The number of fused-ring (bicyclic) bond motifs is 1. The predicted octanol–water partition coefficient (Wildman–Crippen LogP) is 3.82. The first-order valence-corrected chi connectivity index (χ1v) is 9.92. The Morgan fingerprint density at radius 1 is 1.37 bits per heavy atom. The Hall–Kier alpha value is -3.61. The molecule has 0 spiro atoms. The molecule has 0 atom stereocenters. The van der Waals surface area contributed by atoms with Crippen LogP contribution in [0.1, 0.15) is 30.5 Å². The molecule has 0 saturated carbocycles. The van der Waals surface area contributed by atoms with Crippen LogP contribution in [0.3, 0.4) is 0 Å². The Kier molecular flexibility index (Phi) is 5.27. The number of carbonyl (C=O) groups excluding carboxylic acids is 2. The Bertz CT molecular complexity index is 1110. The van der Waals surface area contributed by atoms with Crippen molar-refractivity contribution in [2.24, 2.45) is 4.99 Å². The second-order valence-corrected chi connectivity index (χ2v) is 6.98. The van der Waals surface area contributed by atoms with Gasteiger partial charge in [0.25, 0.3) is 0 Å². The van der Waals surface area contributed by atoms with Crippen molar-refractivity contribution in [2.75, 3.05) is 18.1 Å². The summed E-state index contributed by atoms with van der Waals surface area (Å²) in [6, 6.07) is 7.89. The van der Waals surface area contributed by atoms with Gasteiger partial charge in [0.15, 0.2) is 11.3 Å². The maximum absolute atomic E-state index is 13.1. The molecule has 0 aliphatic carbocycles. The molecule has 0 saturated heterocycles. The van der Waals surface area contributed by atoms with Gasteiger partial charge in [-0.3, -0.25) is 4.79 Å². The summed E-state index contributed by atoms with van der Waals surface area (Å²) >= 11 is 0. The molecule has 1 N–H and O–H groups in total. The van der Waals surface area contributed by atoms with Gasteiger partial charge in [0.2, 0.25) is 11.7 Å². The number of nitrogens with zero attached hydrogens (tertiary/aromatic N) is 2. The molecule has 0 unspecified atom stereocenters. The summed E-state index contributed by atoms with van der Waals surface area (Å²) in [6.45, 7) is 6.24. The van der Waals surface area contributed by atoms with Crippen LogP contribution >= 0.6 is 0 Å². The number of H-pyrrole nitrogens is 1. The predicted molar refractivity (Wildman–Crippen MR) is 115 cm³/mol. The number of allylic oxidation sites excluding steroid dienone is 1. The molecule has 154 valence electrons. The number of aromatic amines is 1. The Balaban J connectivity index is 1.74. The van der Waals surface area contributed by atoms with Gasteiger partial charge in [-0.2, -0.15) is 0 Å². The van der Waals surface area contributed by atoms with Gasteiger partial charge in [-0.05, 0) is 44.9 Å². The number of aromatic nitrogens is 1. The van der Waals surface area contributed by atoms with E-state index >= 15 is 0 Å². The lowest BCUT2D eigenvalue weighted by Gasteiger charge is -2.20. The molecule has 0 fully saturated rings. The van der Waals surface area contributed by atoms with E-state index in [2.05, 4.69) is 9.98 Å². The number of rotatable bonds is 5. The highest BCUT2D eigenvalue weighted by molar-refractivity contribution is 6.26. The molecule has 0 amide bonds. The summed E-state index contributed by atoms with van der Waals surface area (Å²) in [5.41, 5.74) is 3.66. The fraction of sp³-hybridized carbons (Fsp3) is 0.261. The maximum atomic E-state index is 13.1. The van der Waals surface area contributed by atoms with E-state index in [1.165, 1.54) is 0 Å². The number of benzene rings is 1. The van der Waals surface area contributed by atoms with Crippen molar-refractivity contribution >= 4 is 35.5 Å². The topological polar surface area (TPSA) is 84.0 Å². The number of aliphatic imine (C=N–C) groups is 1. The molecule has 2 aromatic rings. The van der Waals surface area contributed by atoms with Gasteiger partial charge in [0, 0.05) is 35.8 Å². The van der Waals surface area contributed by atoms with Crippen molar-refractivity contribution in [1.82, 2.24) is 4.98 Å². The van der Waals surface area contributed by atoms with Gasteiger partial charge >= 0.3 is 5.97 Å². The quantitative estimate of drug-likeness (QED) is 0.354. The lowest BCUT2D eigenvalue weighted by molar-refractivity contribution is -0.139. The largest absolute Gasteiger partial charge is 0.462 e. The zero-order valence-electron chi connectivity index (χ0n) is 17.2. The third-order valence-electron chi connectivity index (χ3n) is 5.18. The third kappa shape index (κ3) is 3.32. The van der Waals surface area contributed by atoms with Crippen LogP contribution in [0.15, 0.2) is 52.7 Å². The van der Waals surface area contributed by atoms with Crippen LogP contribution in [0.25, 0.3) is 6.08 Å². The number of hydrogen-bond donors (Lipinski definition) is 1. The molecule has 3 heterocycles. The van der Waals surface area contributed by atoms with Crippen LogP contribution < -0.4 is 4.90 Å². The zero-order chi connectivity index (χ0) is 21.3. The van der Waals surface area contributed by atoms with Crippen LogP contribution in [0.5, 0.6) is 0 Å². The summed E-state index contributed by atoms with van der Waals surface area (Å²) in [5.74, 6) is -0.121. The van der Waals surface area contributed by atoms with Crippen LogP contribution in [-0.4, -0.2) is 36.1 Å². The first kappa shape index (κ1) is 19.7. The molecule has 0 radical (unpaired) electrons. The summed E-state index contributed by atoms with van der Waals surface area (Å²) in [5, 5.41) is 0. The fourth-order valence-electron chi connectivity index (χ4n) is 3.69. The minimum atomic E-state index is -0.674. The first-order chi connectivity index (χ1) is 14.5. The van der Waals surface area contributed by atoms with E-state index in [4.69, 9.17) is 9.47 Å². The van der Waals surface area contributed by atoms with E-state index in [0.29, 0.717) is 12.4 Å². The smallest absolute Gasteiger partial charge is 0.347 e. The van der Waals surface area contributed by atoms with Gasteiger partial charge in [-0.25, -0.2) is 9.79 Å². The number of para-hydroxylation sites is 1. The Morgan fingerprint density at radius 3 is 2.93 bits per heavy atom. The van der Waals surface area contributed by atoms with E-state index < -0.39 is 11.8 Å². The minimum Gasteiger partial charge on any atom is -0.462 e. The van der Waals surface area contributed by atoms with Gasteiger partial charge in [0.05, 0.1) is 6.61 Å². The molecule has 2 aliphatic rings. The number of ketones is 1. The molecule has 7 nitrogen and oxygen atoms in total. The van der Waals surface area contributed by atoms with Crippen molar-refractivity contribution in [2.45, 2.75) is 27.2 Å². The number of ether oxygens (including phenoxy) is 2. The van der Waals surface area contributed by atoms with E-state index in [1.54, 1.807) is 25.4 Å². The van der Waals surface area contributed by atoms with E-state index in [9.17, 15) is 9.59 Å². The highest BCUT2D eigenvalue weighted by atomic mass is 16.5. The summed E-state index contributed by atoms with van der Waals surface area (Å²) < 4.78 is 11.1. The molecular weight excluding hydrogens is 382 g/mol. The zero-order valence-corrected chi connectivity index (χ0v) is 17.2. The van der Waals surface area contributed by atoms with Gasteiger partial charge in [-0.1, -0.05) is 18.2 Å². The van der Waals surface area contributed by atoms with Crippen molar-refractivity contribution in [1.29, 1.82) is 0 Å². The van der Waals surface area contributed by atoms with E-state index in [1.807, 2.05) is 43.0 Å². The van der Waals surface area contributed by atoms with Crippen molar-refractivity contribution in [3.63, 3.8) is 0 Å². The highest BCUT2D eigenvalue weighted by Gasteiger charge is 2.41. The number of anilines is 1. The van der Waals surface area contributed by atoms with Crippen LogP contribution in [-0.2, 0) is 25.5 Å². The fourth-order valence-corrected chi connectivity index (χ4v) is 3.69. The monoisotopic (exact) mass is 405 g/mol. The molecule has 7 heteroatoms. The van der Waals surface area contributed by atoms with E-state index in [-0.39, 0.29) is 23.8 Å². The SMILES string of the molecule is C/C=N\c1[nH]cc(/C=C2\OC(N3CCc4ccccc43)=C(C(=O)OCC)C2=O)c1C. The minimum absolute atomic E-state index is 0.0696. The van der Waals surface area contributed by atoms with Crippen LogP contribution in [0, 0.1) is 6.92 Å². The number of carbonyl (C=O) groups is 2. The van der Waals surface area contributed by atoms with Crippen molar-refractivity contribution < 1.29 is 19.1 Å². The van der Waals surface area contributed by atoms with Crippen LogP contribution in [0.2, 0.25) is 0 Å². The third-order valence-corrected chi connectivity index (χ3v) is 5.18. The molecule has 2 aliphatic heterocycles. The lowest BCUT2D eigenvalue weighted by Crippen LogP contribution is -2.24. The first-order valence-electron chi connectivity index (χ1n) is 9.92. The lowest BCUT2D eigenvalue weighted by atomic mass is 10.1. The molecular formula is C23H23N3O4. The van der Waals surface area contributed by atoms with Gasteiger partial charge in [0.1, 0.15) is 5.82 Å². The highest BCUT2D eigenvalue weighted by Crippen LogP contribution is 2.38. The number of hydrogen-bond acceptors (Lipinski definition) is 6. The van der Waals surface area contributed by atoms with Gasteiger partial charge < -0.3 is 19.4 Å². The van der Waals surface area contributed by atoms with E-state index in [0.717, 1.165) is 28.8 Å². The number of nitrogens with one attached hydrogen (secondary N) is 1. The standard InChI is InChI=1S/C23H23N3O4/c1-4-24-21-14(3)16(13-25-21)12-18-20(27)19(23(28)29-5-2)22(30-18)26-11-10-15-8-6-7-9-17(15)26/h4,6-9,12-13,25H,5,10-11H2,1-3H3/b18-12-,24-4-. The molecule has 4 rings (SSSR count). The van der Waals surface area contributed by atoms with Gasteiger partial charge in [-0.15, -0.1) is 0 Å². The van der Waals surface area contributed by atoms with Crippen LogP contribution in [0.4, 0.5) is 11.5 Å². The second kappa shape index (κ2) is 8.02. The average molecular weight is 405 g/mol. The maximum Gasteiger partial charge on any atom is 0.347 e. The normalized spacial score (nSPS) is 17.2. The summed E-state index contributed by atoms with van der Waals surface area (Å²) in [7, 11) is 0. The summed E-state index contributed by atoms with van der Waals surface area (Å²) in [6.07, 6.45) is 5.89. The number of Topliss-reactive ketones (excluding diaryl/α,β-unsaturated/α-hetero) is 1. The molecule has 1 aromatic heterocycles. The molecule has 1 aromatic carbocycles. The average Bonchev–Trinajstić information content (AvgIpc) is 3.40. The Morgan fingerprint density at radius 2 is 2.17 bits per heavy atom. The molecule has 0 bridgehead atoms. The molecule has 30 heavy (non-hydrogen) atoms. The number of esters is 1. The Labute approximate surface area is 174 Å². The van der Waals surface area contributed by atoms with Crippen molar-refractivity contribution in [3.8, 4) is 0 Å². The van der Waals surface area contributed by atoms with Crippen molar-refractivity contribution in [3.05, 3.63) is 64.4 Å². The second-order valence-electron chi connectivity index (χ2n) is 6.98.